The van der Waals surface area contributed by atoms with E-state index in [4.69, 9.17) is 4.42 Å². The number of hydrogen-bond donors (Lipinski definition) is 1. The van der Waals surface area contributed by atoms with Gasteiger partial charge in [-0.3, -0.25) is 4.79 Å². The summed E-state index contributed by atoms with van der Waals surface area (Å²) in [5.74, 6) is 0.544. The highest BCUT2D eigenvalue weighted by atomic mass is 19.1. The lowest BCUT2D eigenvalue weighted by molar-refractivity contribution is 0.0698. The second-order valence-corrected chi connectivity index (χ2v) is 5.80. The van der Waals surface area contributed by atoms with Crippen LogP contribution in [0.5, 0.6) is 0 Å². The van der Waals surface area contributed by atoms with Gasteiger partial charge in [-0.05, 0) is 37.1 Å². The number of amides is 1. The lowest BCUT2D eigenvalue weighted by Crippen LogP contribution is -2.30. The minimum absolute atomic E-state index is 0.147. The number of carbonyl (C=O) groups excluding carboxylic acids is 1. The van der Waals surface area contributed by atoms with Gasteiger partial charge in [-0.25, -0.2) is 9.37 Å². The predicted molar refractivity (Wildman–Crippen MR) is 85.7 cm³/mol. The van der Waals surface area contributed by atoms with E-state index < -0.39 is 0 Å². The molecule has 3 aromatic rings. The molecule has 0 unspecified atom stereocenters. The van der Waals surface area contributed by atoms with Crippen LogP contribution in [0.3, 0.4) is 0 Å². The third-order valence-corrected chi connectivity index (χ3v) is 4.32. The fourth-order valence-electron chi connectivity index (χ4n) is 3.16. The van der Waals surface area contributed by atoms with Crippen molar-refractivity contribution in [3.8, 4) is 11.3 Å². The number of imidazole rings is 1. The molecule has 3 heterocycles. The fraction of sp³-hybridized carbons (Fsp3) is 0.222. The van der Waals surface area contributed by atoms with Crippen LogP contribution in [0.25, 0.3) is 11.3 Å². The number of aromatic amines is 1. The summed E-state index contributed by atoms with van der Waals surface area (Å²) in [4.78, 5) is 21.9. The van der Waals surface area contributed by atoms with Gasteiger partial charge in [0.15, 0.2) is 5.76 Å². The van der Waals surface area contributed by atoms with Gasteiger partial charge in [0.05, 0.1) is 24.2 Å². The Morgan fingerprint density at radius 1 is 1.29 bits per heavy atom. The van der Waals surface area contributed by atoms with E-state index in [-0.39, 0.29) is 17.8 Å². The van der Waals surface area contributed by atoms with Crippen molar-refractivity contribution in [2.75, 3.05) is 6.54 Å². The molecule has 1 aliphatic rings. The third-order valence-electron chi connectivity index (χ3n) is 4.32. The van der Waals surface area contributed by atoms with Gasteiger partial charge in [0, 0.05) is 12.1 Å². The maximum atomic E-state index is 13.9. The predicted octanol–water partition coefficient (Wildman–Crippen LogP) is 3.79. The number of furan rings is 1. The van der Waals surface area contributed by atoms with Crippen LogP contribution >= 0.6 is 0 Å². The summed E-state index contributed by atoms with van der Waals surface area (Å²) < 4.78 is 19.1. The second kappa shape index (κ2) is 5.96. The lowest BCUT2D eigenvalue weighted by atomic mass is 10.1. The molecular formula is C18H16FN3O2. The standard InChI is InChI=1S/C18H16FN3O2/c19-13-6-2-1-5-12(13)14-11-20-17(21-14)15-7-3-9-22(15)18(23)16-8-4-10-24-16/h1-2,4-6,8,10-11,15H,3,7,9H2,(H,20,21)/t15-/m1/s1. The largest absolute Gasteiger partial charge is 0.459 e. The van der Waals surface area contributed by atoms with Crippen molar-refractivity contribution in [1.29, 1.82) is 0 Å². The SMILES string of the molecule is O=C(c1ccco1)N1CCC[C@@H]1c1ncc(-c2ccccc2F)[nH]1. The number of H-pyrrole nitrogens is 1. The Hall–Kier alpha value is -2.89. The zero-order valence-electron chi connectivity index (χ0n) is 12.9. The first-order valence-electron chi connectivity index (χ1n) is 7.88. The monoisotopic (exact) mass is 325 g/mol. The molecule has 1 aromatic carbocycles. The molecule has 1 fully saturated rings. The molecule has 4 rings (SSSR count). The summed E-state index contributed by atoms with van der Waals surface area (Å²) in [6.45, 7) is 0.653. The molecule has 1 atom stereocenters. The Labute approximate surface area is 138 Å². The van der Waals surface area contributed by atoms with Crippen molar-refractivity contribution in [1.82, 2.24) is 14.9 Å². The number of nitrogens with zero attached hydrogens (tertiary/aromatic N) is 2. The number of rotatable bonds is 3. The molecule has 5 nitrogen and oxygen atoms in total. The average Bonchev–Trinajstić information content (AvgIpc) is 3.34. The quantitative estimate of drug-likeness (QED) is 0.797. The van der Waals surface area contributed by atoms with E-state index in [1.807, 2.05) is 0 Å². The van der Waals surface area contributed by atoms with Gasteiger partial charge in [0.2, 0.25) is 0 Å². The Kier molecular flexibility index (Phi) is 3.65. The Balaban J connectivity index is 1.62. The molecule has 0 bridgehead atoms. The van der Waals surface area contributed by atoms with Gasteiger partial charge in [-0.15, -0.1) is 0 Å². The topological polar surface area (TPSA) is 62.1 Å². The Morgan fingerprint density at radius 2 is 2.17 bits per heavy atom. The lowest BCUT2D eigenvalue weighted by Gasteiger charge is -2.22. The number of benzene rings is 1. The number of hydrogen-bond acceptors (Lipinski definition) is 3. The third kappa shape index (κ3) is 2.50. The first kappa shape index (κ1) is 14.7. The molecule has 6 heteroatoms. The van der Waals surface area contributed by atoms with Crippen molar-refractivity contribution in [2.24, 2.45) is 0 Å². The summed E-state index contributed by atoms with van der Waals surface area (Å²) in [6, 6.07) is 9.75. The first-order valence-corrected chi connectivity index (χ1v) is 7.88. The Bertz CT molecular complexity index is 857. The second-order valence-electron chi connectivity index (χ2n) is 5.80. The molecule has 0 radical (unpaired) electrons. The van der Waals surface area contributed by atoms with Gasteiger partial charge < -0.3 is 14.3 Å². The smallest absolute Gasteiger partial charge is 0.290 e. The van der Waals surface area contributed by atoms with E-state index in [1.165, 1.54) is 12.3 Å². The van der Waals surface area contributed by atoms with Crippen LogP contribution in [0.1, 0.15) is 35.3 Å². The van der Waals surface area contributed by atoms with Crippen LogP contribution in [0, 0.1) is 5.82 Å². The summed E-state index contributed by atoms with van der Waals surface area (Å²) in [5.41, 5.74) is 1.08. The van der Waals surface area contributed by atoms with E-state index in [1.54, 1.807) is 41.4 Å². The zero-order valence-corrected chi connectivity index (χ0v) is 12.9. The molecule has 0 aliphatic carbocycles. The summed E-state index contributed by atoms with van der Waals surface area (Å²) in [6.07, 6.45) is 4.81. The molecule has 1 N–H and O–H groups in total. The molecule has 0 spiro atoms. The number of carbonyl (C=O) groups is 1. The summed E-state index contributed by atoms with van der Waals surface area (Å²) >= 11 is 0. The number of nitrogens with one attached hydrogen (secondary N) is 1. The van der Waals surface area contributed by atoms with Crippen molar-refractivity contribution in [2.45, 2.75) is 18.9 Å². The fourth-order valence-corrected chi connectivity index (χ4v) is 3.16. The van der Waals surface area contributed by atoms with Gasteiger partial charge in [0.1, 0.15) is 11.6 Å². The van der Waals surface area contributed by atoms with Gasteiger partial charge >= 0.3 is 0 Å². The summed E-state index contributed by atoms with van der Waals surface area (Å²) in [5, 5.41) is 0. The maximum absolute atomic E-state index is 13.9. The molecule has 1 saturated heterocycles. The van der Waals surface area contributed by atoms with E-state index in [2.05, 4.69) is 9.97 Å². The van der Waals surface area contributed by atoms with E-state index >= 15 is 0 Å². The molecule has 122 valence electrons. The normalized spacial score (nSPS) is 17.4. The molecule has 1 aliphatic heterocycles. The van der Waals surface area contributed by atoms with Crippen molar-refractivity contribution >= 4 is 5.91 Å². The number of halogens is 1. The van der Waals surface area contributed by atoms with Crippen molar-refractivity contribution in [3.05, 3.63) is 66.3 Å². The molecule has 2 aromatic heterocycles. The van der Waals surface area contributed by atoms with E-state index in [0.717, 1.165) is 12.8 Å². The molecular weight excluding hydrogens is 309 g/mol. The number of likely N-dealkylation sites (tertiary alicyclic amines) is 1. The average molecular weight is 325 g/mol. The van der Waals surface area contributed by atoms with Gasteiger partial charge in [-0.2, -0.15) is 0 Å². The van der Waals surface area contributed by atoms with Crippen LogP contribution in [0.15, 0.2) is 53.3 Å². The molecule has 24 heavy (non-hydrogen) atoms. The van der Waals surface area contributed by atoms with Crippen LogP contribution < -0.4 is 0 Å². The minimum Gasteiger partial charge on any atom is -0.459 e. The Morgan fingerprint density at radius 3 is 2.96 bits per heavy atom. The number of aromatic nitrogens is 2. The molecule has 0 saturated carbocycles. The highest BCUT2D eigenvalue weighted by molar-refractivity contribution is 5.91. The zero-order chi connectivity index (χ0) is 16.5. The first-order chi connectivity index (χ1) is 11.7. The van der Waals surface area contributed by atoms with Gasteiger partial charge in [-0.1, -0.05) is 12.1 Å². The van der Waals surface area contributed by atoms with Gasteiger partial charge in [0.25, 0.3) is 5.91 Å². The minimum atomic E-state index is -0.303. The maximum Gasteiger partial charge on any atom is 0.290 e. The highest BCUT2D eigenvalue weighted by Crippen LogP contribution is 2.33. The van der Waals surface area contributed by atoms with E-state index in [9.17, 15) is 9.18 Å². The van der Waals surface area contributed by atoms with Crippen LogP contribution in [0.2, 0.25) is 0 Å². The van der Waals surface area contributed by atoms with E-state index in [0.29, 0.717) is 29.4 Å². The molecule has 1 amide bonds. The van der Waals surface area contributed by atoms with Crippen LogP contribution in [-0.2, 0) is 0 Å². The highest BCUT2D eigenvalue weighted by Gasteiger charge is 2.33. The summed E-state index contributed by atoms with van der Waals surface area (Å²) in [7, 11) is 0. The van der Waals surface area contributed by atoms with Crippen LogP contribution in [0.4, 0.5) is 4.39 Å². The van der Waals surface area contributed by atoms with Crippen LogP contribution in [-0.4, -0.2) is 27.3 Å². The van der Waals surface area contributed by atoms with Crippen molar-refractivity contribution < 1.29 is 13.6 Å². The van der Waals surface area contributed by atoms with Crippen molar-refractivity contribution in [3.63, 3.8) is 0 Å².